The molecule has 2 amide bonds. The van der Waals surface area contributed by atoms with Crippen molar-refractivity contribution in [3.05, 3.63) is 0 Å². The number of nitrogens with zero attached hydrogens (tertiary/aromatic N) is 1. The molecule has 0 spiro atoms. The van der Waals surface area contributed by atoms with Gasteiger partial charge in [-0.15, -0.1) is 0 Å². The first-order valence-electron chi connectivity index (χ1n) is 6.22. The van der Waals surface area contributed by atoms with Gasteiger partial charge in [0.25, 0.3) is 0 Å². The van der Waals surface area contributed by atoms with E-state index in [0.717, 1.165) is 51.7 Å². The number of hydrogen-bond donors (Lipinski definition) is 1. The maximum absolute atomic E-state index is 11.6. The van der Waals surface area contributed by atoms with E-state index in [1.54, 1.807) is 0 Å². The third-order valence-corrected chi connectivity index (χ3v) is 2.90. The number of likely N-dealkylation sites (tertiary alicyclic amines) is 1. The molecule has 92 valence electrons. The van der Waals surface area contributed by atoms with Crippen LogP contribution in [-0.4, -0.2) is 36.3 Å². The molecule has 0 bridgehead atoms. The van der Waals surface area contributed by atoms with E-state index in [1.165, 1.54) is 6.92 Å². The topological polar surface area (TPSA) is 49.4 Å². The molecule has 0 aromatic rings. The zero-order chi connectivity index (χ0) is 11.8. The highest BCUT2D eigenvalue weighted by atomic mass is 16.2. The second-order valence-electron chi connectivity index (χ2n) is 4.38. The number of unbranched alkanes of at least 4 members (excludes halogenated alkanes) is 2. The summed E-state index contributed by atoms with van der Waals surface area (Å²) in [7, 11) is 0. The molecule has 0 aliphatic carbocycles. The third-order valence-electron chi connectivity index (χ3n) is 2.90. The lowest BCUT2D eigenvalue weighted by molar-refractivity contribution is -0.130. The molecule has 1 saturated heterocycles. The van der Waals surface area contributed by atoms with Gasteiger partial charge in [-0.1, -0.05) is 6.42 Å². The zero-order valence-electron chi connectivity index (χ0n) is 10.1. The highest BCUT2D eigenvalue weighted by Gasteiger charge is 2.16. The van der Waals surface area contributed by atoms with Gasteiger partial charge < -0.3 is 10.2 Å². The first-order valence-corrected chi connectivity index (χ1v) is 6.22. The summed E-state index contributed by atoms with van der Waals surface area (Å²) in [6.45, 7) is 4.15. The van der Waals surface area contributed by atoms with Crippen LogP contribution < -0.4 is 5.32 Å². The van der Waals surface area contributed by atoms with Crippen molar-refractivity contribution in [3.8, 4) is 0 Å². The van der Waals surface area contributed by atoms with Crippen LogP contribution in [0, 0.1) is 0 Å². The average molecular weight is 226 g/mol. The number of nitrogens with one attached hydrogen (secondary N) is 1. The molecule has 16 heavy (non-hydrogen) atoms. The lowest BCUT2D eigenvalue weighted by Gasteiger charge is -2.14. The second kappa shape index (κ2) is 7.25. The van der Waals surface area contributed by atoms with Gasteiger partial charge in [0, 0.05) is 33.0 Å². The lowest BCUT2D eigenvalue weighted by Crippen LogP contribution is -2.27. The molecule has 1 fully saturated rings. The Hall–Kier alpha value is -1.06. The van der Waals surface area contributed by atoms with Gasteiger partial charge >= 0.3 is 0 Å². The average Bonchev–Trinajstić information content (AvgIpc) is 2.75. The van der Waals surface area contributed by atoms with Gasteiger partial charge in [-0.05, 0) is 25.7 Å². The predicted molar refractivity (Wildman–Crippen MR) is 63.0 cm³/mol. The second-order valence-corrected chi connectivity index (χ2v) is 4.38. The van der Waals surface area contributed by atoms with Gasteiger partial charge in [0.1, 0.15) is 0 Å². The summed E-state index contributed by atoms with van der Waals surface area (Å²) in [6.07, 6.45) is 5.91. The van der Waals surface area contributed by atoms with E-state index >= 15 is 0 Å². The minimum absolute atomic E-state index is 0.0214. The predicted octanol–water partition coefficient (Wildman–Crippen LogP) is 1.31. The van der Waals surface area contributed by atoms with Crippen molar-refractivity contribution in [1.82, 2.24) is 10.2 Å². The fourth-order valence-corrected chi connectivity index (χ4v) is 1.97. The number of hydrogen-bond acceptors (Lipinski definition) is 2. The van der Waals surface area contributed by atoms with E-state index in [4.69, 9.17) is 0 Å². The van der Waals surface area contributed by atoms with E-state index in [2.05, 4.69) is 5.32 Å². The summed E-state index contributed by atoms with van der Waals surface area (Å²) in [4.78, 5) is 24.2. The minimum Gasteiger partial charge on any atom is -0.356 e. The Morgan fingerprint density at radius 3 is 2.44 bits per heavy atom. The molecule has 0 unspecified atom stereocenters. The maximum Gasteiger partial charge on any atom is 0.222 e. The van der Waals surface area contributed by atoms with Crippen LogP contribution >= 0.6 is 0 Å². The molecule has 0 aromatic heterocycles. The Bertz CT molecular complexity index is 235. The molecule has 1 aliphatic heterocycles. The summed E-state index contributed by atoms with van der Waals surface area (Å²) in [5.74, 6) is 0.324. The number of carbonyl (C=O) groups excluding carboxylic acids is 2. The fraction of sp³-hybridized carbons (Fsp3) is 0.833. The molecule has 0 saturated carbocycles. The third kappa shape index (κ3) is 5.14. The molecule has 4 nitrogen and oxygen atoms in total. The SMILES string of the molecule is CC(=O)NCCCCCC(=O)N1CCCC1. The number of amides is 2. The van der Waals surface area contributed by atoms with Gasteiger partial charge in [-0.25, -0.2) is 0 Å². The summed E-state index contributed by atoms with van der Waals surface area (Å²) < 4.78 is 0. The van der Waals surface area contributed by atoms with E-state index in [-0.39, 0.29) is 5.91 Å². The van der Waals surface area contributed by atoms with E-state index in [9.17, 15) is 9.59 Å². The Morgan fingerprint density at radius 2 is 1.81 bits per heavy atom. The molecular weight excluding hydrogens is 204 g/mol. The van der Waals surface area contributed by atoms with Crippen molar-refractivity contribution in [2.45, 2.75) is 45.4 Å². The number of rotatable bonds is 6. The smallest absolute Gasteiger partial charge is 0.222 e. The van der Waals surface area contributed by atoms with Gasteiger partial charge in [-0.3, -0.25) is 9.59 Å². The molecule has 0 aromatic carbocycles. The first-order chi connectivity index (χ1) is 7.70. The van der Waals surface area contributed by atoms with E-state index in [0.29, 0.717) is 12.3 Å². The summed E-state index contributed by atoms with van der Waals surface area (Å²) >= 11 is 0. The van der Waals surface area contributed by atoms with Crippen LogP contribution in [0.15, 0.2) is 0 Å². The Kier molecular flexibility index (Phi) is 5.90. The van der Waals surface area contributed by atoms with Crippen LogP contribution in [0.25, 0.3) is 0 Å². The van der Waals surface area contributed by atoms with Crippen LogP contribution in [0.1, 0.15) is 45.4 Å². The normalized spacial score (nSPS) is 15.2. The summed E-state index contributed by atoms with van der Waals surface area (Å²) in [6, 6.07) is 0. The quantitative estimate of drug-likeness (QED) is 0.694. The van der Waals surface area contributed by atoms with Crippen LogP contribution in [0.4, 0.5) is 0 Å². The highest BCUT2D eigenvalue weighted by Crippen LogP contribution is 2.10. The molecule has 1 heterocycles. The fourth-order valence-electron chi connectivity index (χ4n) is 1.97. The lowest BCUT2D eigenvalue weighted by atomic mass is 10.2. The molecule has 1 rings (SSSR count). The maximum atomic E-state index is 11.6. The minimum atomic E-state index is 0.0214. The first kappa shape index (κ1) is 13.0. The van der Waals surface area contributed by atoms with E-state index < -0.39 is 0 Å². The summed E-state index contributed by atoms with van der Waals surface area (Å²) in [5.41, 5.74) is 0. The Balaban J connectivity index is 1.94. The Labute approximate surface area is 97.4 Å². The van der Waals surface area contributed by atoms with Gasteiger partial charge in [0.05, 0.1) is 0 Å². The number of carbonyl (C=O) groups is 2. The zero-order valence-corrected chi connectivity index (χ0v) is 10.1. The monoisotopic (exact) mass is 226 g/mol. The highest BCUT2D eigenvalue weighted by molar-refractivity contribution is 5.76. The Morgan fingerprint density at radius 1 is 1.12 bits per heavy atom. The van der Waals surface area contributed by atoms with Gasteiger partial charge in [0.2, 0.25) is 11.8 Å². The molecule has 0 radical (unpaired) electrons. The standard InChI is InChI=1S/C12H22N2O2/c1-11(15)13-8-4-2-3-7-12(16)14-9-5-6-10-14/h2-10H2,1H3,(H,13,15). The van der Waals surface area contributed by atoms with Crippen LogP contribution in [0.5, 0.6) is 0 Å². The molecule has 1 N–H and O–H groups in total. The molecular formula is C12H22N2O2. The van der Waals surface area contributed by atoms with Crippen LogP contribution in [0.3, 0.4) is 0 Å². The summed E-state index contributed by atoms with van der Waals surface area (Å²) in [5, 5.41) is 2.75. The van der Waals surface area contributed by atoms with Crippen molar-refractivity contribution in [2.24, 2.45) is 0 Å². The van der Waals surface area contributed by atoms with Crippen molar-refractivity contribution < 1.29 is 9.59 Å². The largest absolute Gasteiger partial charge is 0.356 e. The van der Waals surface area contributed by atoms with Crippen molar-refractivity contribution in [3.63, 3.8) is 0 Å². The van der Waals surface area contributed by atoms with Crippen LogP contribution in [-0.2, 0) is 9.59 Å². The van der Waals surface area contributed by atoms with Gasteiger partial charge in [-0.2, -0.15) is 0 Å². The van der Waals surface area contributed by atoms with Gasteiger partial charge in [0.15, 0.2) is 0 Å². The van der Waals surface area contributed by atoms with Crippen molar-refractivity contribution >= 4 is 11.8 Å². The van der Waals surface area contributed by atoms with Crippen molar-refractivity contribution in [1.29, 1.82) is 0 Å². The van der Waals surface area contributed by atoms with E-state index in [1.807, 2.05) is 4.90 Å². The molecule has 0 atom stereocenters. The van der Waals surface area contributed by atoms with Crippen molar-refractivity contribution in [2.75, 3.05) is 19.6 Å². The molecule has 1 aliphatic rings. The molecule has 4 heteroatoms. The van der Waals surface area contributed by atoms with Crippen LogP contribution in [0.2, 0.25) is 0 Å².